The maximum Gasteiger partial charge on any atom is 0.293 e. The number of amides is 1. The molecule has 2 aromatic carbocycles. The van der Waals surface area contributed by atoms with Crippen LogP contribution in [0.1, 0.15) is 27.9 Å². The van der Waals surface area contributed by atoms with Gasteiger partial charge in [-0.05, 0) is 49.6 Å². The van der Waals surface area contributed by atoms with Crippen molar-refractivity contribution in [1.82, 2.24) is 9.88 Å². The van der Waals surface area contributed by atoms with E-state index in [9.17, 15) is 14.9 Å². The summed E-state index contributed by atoms with van der Waals surface area (Å²) in [6.45, 7) is 10.8. The molecule has 2 fully saturated rings. The van der Waals surface area contributed by atoms with Gasteiger partial charge in [0.1, 0.15) is 5.69 Å². The van der Waals surface area contributed by atoms with Crippen molar-refractivity contribution in [1.29, 1.82) is 0 Å². The average Bonchev–Trinajstić information content (AvgIpc) is 3.35. The van der Waals surface area contributed by atoms with Gasteiger partial charge in [0.05, 0.1) is 41.6 Å². The number of rotatable bonds is 8. The predicted molar refractivity (Wildman–Crippen MR) is 149 cm³/mol. The maximum atomic E-state index is 13.9. The van der Waals surface area contributed by atoms with Gasteiger partial charge in [-0.2, -0.15) is 0 Å². The smallest absolute Gasteiger partial charge is 0.293 e. The summed E-state index contributed by atoms with van der Waals surface area (Å²) in [6.07, 6.45) is 0.758. The molecule has 0 N–H and O–H groups in total. The quantitative estimate of drug-likeness (QED) is 0.312. The first-order valence-corrected chi connectivity index (χ1v) is 13.8. The van der Waals surface area contributed by atoms with Crippen molar-refractivity contribution in [2.45, 2.75) is 20.3 Å². The van der Waals surface area contributed by atoms with Crippen molar-refractivity contribution in [3.8, 4) is 0 Å². The number of benzene rings is 2. The third kappa shape index (κ3) is 5.80. The second-order valence-electron chi connectivity index (χ2n) is 9.75. The number of fused-ring (bicyclic) bond motifs is 1. The molecule has 2 saturated heterocycles. The molecule has 2 aliphatic rings. The van der Waals surface area contributed by atoms with Crippen LogP contribution in [0.2, 0.25) is 0 Å². The fourth-order valence-electron chi connectivity index (χ4n) is 5.07. The second kappa shape index (κ2) is 11.7. The number of hydrogen-bond acceptors (Lipinski definition) is 9. The highest BCUT2D eigenvalue weighted by molar-refractivity contribution is 7.22. The standard InChI is InChI=1S/C27H33N5O5S/c1-19-16-20(2)25-22(17-19)28-27(38-25)31(7-3-6-29-8-12-36-13-9-29)26(33)21-4-5-23(24(18-21)32(34)35)30-10-14-37-15-11-30/h4-5,16-18H,3,6-15H2,1-2H3. The molecule has 11 heteroatoms. The van der Waals surface area contributed by atoms with Crippen LogP contribution in [0.15, 0.2) is 30.3 Å². The first-order chi connectivity index (χ1) is 18.4. The van der Waals surface area contributed by atoms with Crippen LogP contribution in [-0.4, -0.2) is 86.4 Å². The van der Waals surface area contributed by atoms with Gasteiger partial charge in [-0.25, -0.2) is 4.98 Å². The molecule has 5 rings (SSSR count). The highest BCUT2D eigenvalue weighted by Crippen LogP contribution is 2.35. The number of anilines is 2. The minimum atomic E-state index is -0.409. The number of nitrogens with zero attached hydrogens (tertiary/aromatic N) is 5. The largest absolute Gasteiger partial charge is 0.379 e. The van der Waals surface area contributed by atoms with Crippen LogP contribution in [0.3, 0.4) is 0 Å². The van der Waals surface area contributed by atoms with Gasteiger partial charge in [0.15, 0.2) is 5.13 Å². The van der Waals surface area contributed by atoms with E-state index >= 15 is 0 Å². The Hall–Kier alpha value is -3.12. The summed E-state index contributed by atoms with van der Waals surface area (Å²) in [5.74, 6) is -0.281. The lowest BCUT2D eigenvalue weighted by molar-refractivity contribution is -0.384. The van der Waals surface area contributed by atoms with Crippen LogP contribution in [0.4, 0.5) is 16.5 Å². The molecule has 202 valence electrons. The number of ether oxygens (including phenoxy) is 2. The Morgan fingerprint density at radius 2 is 1.79 bits per heavy atom. The van der Waals surface area contributed by atoms with Crippen molar-refractivity contribution in [2.75, 3.05) is 75.5 Å². The first-order valence-electron chi connectivity index (χ1n) is 13.0. The minimum Gasteiger partial charge on any atom is -0.379 e. The molecule has 10 nitrogen and oxygen atoms in total. The number of hydrogen-bond donors (Lipinski definition) is 0. The Morgan fingerprint density at radius 1 is 1.08 bits per heavy atom. The van der Waals surface area contributed by atoms with Crippen LogP contribution in [0.25, 0.3) is 10.2 Å². The summed E-state index contributed by atoms with van der Waals surface area (Å²) in [4.78, 5) is 36.3. The third-order valence-electron chi connectivity index (χ3n) is 7.02. The van der Waals surface area contributed by atoms with Crippen molar-refractivity contribution in [2.24, 2.45) is 0 Å². The van der Waals surface area contributed by atoms with Crippen LogP contribution < -0.4 is 9.80 Å². The molecule has 0 aliphatic carbocycles. The van der Waals surface area contributed by atoms with E-state index in [0.717, 1.165) is 60.6 Å². The van der Waals surface area contributed by atoms with E-state index in [-0.39, 0.29) is 17.2 Å². The molecule has 1 amide bonds. The van der Waals surface area contributed by atoms with E-state index in [1.54, 1.807) is 17.0 Å². The average molecular weight is 540 g/mol. The van der Waals surface area contributed by atoms with Crippen LogP contribution in [0, 0.1) is 24.0 Å². The van der Waals surface area contributed by atoms with Crippen LogP contribution in [0.5, 0.6) is 0 Å². The zero-order valence-corrected chi connectivity index (χ0v) is 22.7. The number of carbonyl (C=O) groups excluding carboxylic acids is 1. The predicted octanol–water partition coefficient (Wildman–Crippen LogP) is 4.03. The van der Waals surface area contributed by atoms with E-state index in [1.807, 2.05) is 17.9 Å². The van der Waals surface area contributed by atoms with Crippen molar-refractivity contribution >= 4 is 44.0 Å². The molecule has 0 unspecified atom stereocenters. The zero-order chi connectivity index (χ0) is 26.6. The topological polar surface area (TPSA) is 101 Å². The highest BCUT2D eigenvalue weighted by Gasteiger charge is 2.27. The lowest BCUT2D eigenvalue weighted by Gasteiger charge is -2.29. The lowest BCUT2D eigenvalue weighted by atomic mass is 10.1. The summed E-state index contributed by atoms with van der Waals surface area (Å²) in [5, 5.41) is 12.6. The maximum absolute atomic E-state index is 13.9. The summed E-state index contributed by atoms with van der Waals surface area (Å²) in [6, 6.07) is 8.93. The zero-order valence-electron chi connectivity index (χ0n) is 21.9. The van der Waals surface area contributed by atoms with Gasteiger partial charge in [-0.3, -0.25) is 24.7 Å². The first kappa shape index (κ1) is 26.5. The Morgan fingerprint density at radius 3 is 2.50 bits per heavy atom. The molecule has 0 atom stereocenters. The number of thiazole rings is 1. The van der Waals surface area contributed by atoms with Gasteiger partial charge in [0.2, 0.25) is 0 Å². The molecule has 0 saturated carbocycles. The van der Waals surface area contributed by atoms with E-state index in [0.29, 0.717) is 43.7 Å². The highest BCUT2D eigenvalue weighted by atomic mass is 32.1. The molecular weight excluding hydrogens is 506 g/mol. The van der Waals surface area contributed by atoms with E-state index < -0.39 is 4.92 Å². The van der Waals surface area contributed by atoms with Gasteiger partial charge in [0.25, 0.3) is 11.6 Å². The number of carbonyl (C=O) groups is 1. The molecule has 0 radical (unpaired) electrons. The Kier molecular flexibility index (Phi) is 8.18. The van der Waals surface area contributed by atoms with Crippen LogP contribution >= 0.6 is 11.3 Å². The van der Waals surface area contributed by atoms with Crippen molar-refractivity contribution in [3.63, 3.8) is 0 Å². The van der Waals surface area contributed by atoms with Crippen LogP contribution in [-0.2, 0) is 9.47 Å². The van der Waals surface area contributed by atoms with Gasteiger partial charge >= 0.3 is 0 Å². The molecule has 0 spiro atoms. The number of aryl methyl sites for hydroxylation is 2. The fraction of sp³-hybridized carbons (Fsp3) is 0.481. The van der Waals surface area contributed by atoms with Gasteiger partial charge in [-0.15, -0.1) is 0 Å². The SMILES string of the molecule is Cc1cc(C)c2sc(N(CCCN3CCOCC3)C(=O)c3ccc(N4CCOCC4)c([N+](=O)[O-])c3)nc2c1. The molecular formula is C27H33N5O5S. The van der Waals surface area contributed by atoms with E-state index in [2.05, 4.69) is 17.9 Å². The summed E-state index contributed by atoms with van der Waals surface area (Å²) in [5.41, 5.74) is 3.83. The van der Waals surface area contributed by atoms with Crippen molar-refractivity contribution in [3.05, 3.63) is 57.1 Å². The second-order valence-corrected chi connectivity index (χ2v) is 10.7. The van der Waals surface area contributed by atoms with E-state index in [4.69, 9.17) is 14.5 Å². The minimum absolute atomic E-state index is 0.0678. The monoisotopic (exact) mass is 539 g/mol. The Labute approximate surface area is 225 Å². The summed E-state index contributed by atoms with van der Waals surface area (Å²) >= 11 is 1.49. The fourth-order valence-corrected chi connectivity index (χ4v) is 6.11. The molecule has 0 bridgehead atoms. The summed E-state index contributed by atoms with van der Waals surface area (Å²) < 4.78 is 11.9. The van der Waals surface area contributed by atoms with Crippen molar-refractivity contribution < 1.29 is 19.2 Å². The number of nitro groups is 1. The normalized spacial score (nSPS) is 16.6. The lowest BCUT2D eigenvalue weighted by Crippen LogP contribution is -2.39. The number of morpholine rings is 2. The van der Waals surface area contributed by atoms with Gasteiger partial charge < -0.3 is 14.4 Å². The third-order valence-corrected chi connectivity index (χ3v) is 8.24. The number of nitro benzene ring substituents is 1. The molecule has 2 aliphatic heterocycles. The van der Waals surface area contributed by atoms with Gasteiger partial charge in [0, 0.05) is 50.9 Å². The van der Waals surface area contributed by atoms with Gasteiger partial charge in [-0.1, -0.05) is 17.4 Å². The molecule has 3 heterocycles. The molecule has 1 aromatic heterocycles. The number of aromatic nitrogens is 1. The van der Waals surface area contributed by atoms with E-state index in [1.165, 1.54) is 17.4 Å². The summed E-state index contributed by atoms with van der Waals surface area (Å²) in [7, 11) is 0. The molecule has 3 aromatic rings. The Balaban J connectivity index is 1.45. The molecule has 38 heavy (non-hydrogen) atoms. The Bertz CT molecular complexity index is 1320.